The lowest BCUT2D eigenvalue weighted by Crippen LogP contribution is -2.07. The number of hydrogen-bond acceptors (Lipinski definition) is 2. The first kappa shape index (κ1) is 10.4. The molecule has 0 aliphatic heterocycles. The largest absolute Gasteiger partial charge is 0.493 e. The molecule has 76 valence electrons. The van der Waals surface area contributed by atoms with E-state index >= 15 is 0 Å². The van der Waals surface area contributed by atoms with E-state index in [1.807, 2.05) is 0 Å². The van der Waals surface area contributed by atoms with Crippen LogP contribution in [0.3, 0.4) is 0 Å². The lowest BCUT2D eigenvalue weighted by atomic mass is 10.2. The molecule has 0 aromatic heterocycles. The lowest BCUT2D eigenvalue weighted by molar-refractivity contribution is 0.0686. The van der Waals surface area contributed by atoms with Gasteiger partial charge in [-0.05, 0) is 19.1 Å². The minimum absolute atomic E-state index is 0.168. The molecule has 0 heterocycles. The van der Waals surface area contributed by atoms with Gasteiger partial charge >= 0.3 is 5.97 Å². The minimum atomic E-state index is -1.55. The van der Waals surface area contributed by atoms with Gasteiger partial charge in [0.25, 0.3) is 0 Å². The first-order valence-electron chi connectivity index (χ1n) is 3.92. The van der Waals surface area contributed by atoms with E-state index in [0.717, 1.165) is 12.1 Å². The molecule has 14 heavy (non-hydrogen) atoms. The third-order valence-corrected chi connectivity index (χ3v) is 1.57. The van der Waals surface area contributed by atoms with E-state index in [4.69, 9.17) is 9.84 Å². The van der Waals surface area contributed by atoms with Crippen LogP contribution in [0.5, 0.6) is 5.75 Å². The highest BCUT2D eigenvalue weighted by Gasteiger charge is 2.20. The highest BCUT2D eigenvalue weighted by Crippen LogP contribution is 2.23. The van der Waals surface area contributed by atoms with Crippen LogP contribution in [0.25, 0.3) is 0 Å². The Morgan fingerprint density at radius 3 is 2.64 bits per heavy atom. The number of hydrogen-bond donors (Lipinski definition) is 1. The van der Waals surface area contributed by atoms with Crippen molar-refractivity contribution in [2.75, 3.05) is 6.61 Å². The average molecular weight is 202 g/mol. The highest BCUT2D eigenvalue weighted by atomic mass is 19.2. The van der Waals surface area contributed by atoms with Crippen LogP contribution in [0.4, 0.5) is 8.78 Å². The number of benzene rings is 1. The molecule has 0 aliphatic carbocycles. The van der Waals surface area contributed by atoms with Crippen molar-refractivity contribution in [3.05, 3.63) is 29.3 Å². The van der Waals surface area contributed by atoms with Crippen molar-refractivity contribution in [3.63, 3.8) is 0 Å². The SMILES string of the molecule is CCOc1ccc(F)c(F)c1C(=O)O. The number of carbonyl (C=O) groups is 1. The Morgan fingerprint density at radius 2 is 2.14 bits per heavy atom. The second kappa shape index (κ2) is 4.04. The summed E-state index contributed by atoms with van der Waals surface area (Å²) in [5.74, 6) is -4.32. The quantitative estimate of drug-likeness (QED) is 0.815. The van der Waals surface area contributed by atoms with Crippen LogP contribution in [0.15, 0.2) is 12.1 Å². The topological polar surface area (TPSA) is 46.5 Å². The Hall–Kier alpha value is -1.65. The molecule has 0 amide bonds. The molecule has 0 saturated heterocycles. The van der Waals surface area contributed by atoms with E-state index in [9.17, 15) is 13.6 Å². The number of halogens is 2. The van der Waals surface area contributed by atoms with Gasteiger partial charge in [0, 0.05) is 0 Å². The molecule has 0 bridgehead atoms. The Balaban J connectivity index is 3.30. The molecule has 1 aromatic carbocycles. The van der Waals surface area contributed by atoms with Gasteiger partial charge in [-0.25, -0.2) is 13.6 Å². The van der Waals surface area contributed by atoms with Gasteiger partial charge in [-0.2, -0.15) is 0 Å². The molecule has 0 aliphatic rings. The van der Waals surface area contributed by atoms with Crippen LogP contribution in [-0.4, -0.2) is 17.7 Å². The van der Waals surface area contributed by atoms with Crippen LogP contribution in [0.2, 0.25) is 0 Å². The summed E-state index contributed by atoms with van der Waals surface area (Å²) in [6.45, 7) is 1.80. The summed E-state index contributed by atoms with van der Waals surface area (Å²) >= 11 is 0. The zero-order valence-electron chi connectivity index (χ0n) is 7.38. The molecule has 1 rings (SSSR count). The summed E-state index contributed by atoms with van der Waals surface area (Å²) in [6.07, 6.45) is 0. The second-order valence-corrected chi connectivity index (χ2v) is 2.47. The predicted octanol–water partition coefficient (Wildman–Crippen LogP) is 2.06. The molecule has 1 N–H and O–H groups in total. The van der Waals surface area contributed by atoms with Gasteiger partial charge in [-0.1, -0.05) is 0 Å². The van der Waals surface area contributed by atoms with Crippen molar-refractivity contribution in [2.24, 2.45) is 0 Å². The lowest BCUT2D eigenvalue weighted by Gasteiger charge is -2.07. The van der Waals surface area contributed by atoms with E-state index in [0.29, 0.717) is 0 Å². The van der Waals surface area contributed by atoms with Crippen molar-refractivity contribution in [2.45, 2.75) is 6.92 Å². The van der Waals surface area contributed by atoms with Crippen LogP contribution in [-0.2, 0) is 0 Å². The molecule has 0 radical (unpaired) electrons. The summed E-state index contributed by atoms with van der Waals surface area (Å²) in [4.78, 5) is 10.6. The second-order valence-electron chi connectivity index (χ2n) is 2.47. The monoisotopic (exact) mass is 202 g/mol. The van der Waals surface area contributed by atoms with Crippen molar-refractivity contribution in [1.29, 1.82) is 0 Å². The Bertz CT molecular complexity index is 363. The summed E-state index contributed by atoms with van der Waals surface area (Å²) < 4.78 is 30.5. The van der Waals surface area contributed by atoms with E-state index in [-0.39, 0.29) is 12.4 Å². The molecule has 3 nitrogen and oxygen atoms in total. The van der Waals surface area contributed by atoms with Gasteiger partial charge in [0.05, 0.1) is 6.61 Å². The molecule has 0 saturated carbocycles. The fourth-order valence-corrected chi connectivity index (χ4v) is 1.01. The number of carboxylic acid groups (broad SMARTS) is 1. The van der Waals surface area contributed by atoms with Crippen LogP contribution < -0.4 is 4.74 Å². The molecule has 0 unspecified atom stereocenters. The zero-order chi connectivity index (χ0) is 10.7. The standard InChI is InChI=1S/C9H8F2O3/c1-2-14-6-4-3-5(10)8(11)7(6)9(12)13/h3-4H,2H2,1H3,(H,12,13). The van der Waals surface area contributed by atoms with E-state index in [2.05, 4.69) is 0 Å². The number of ether oxygens (including phenoxy) is 1. The fraction of sp³-hybridized carbons (Fsp3) is 0.222. The molecule has 5 heteroatoms. The maximum atomic E-state index is 13.0. The van der Waals surface area contributed by atoms with Gasteiger partial charge in [-0.15, -0.1) is 0 Å². The Kier molecular flexibility index (Phi) is 3.01. The maximum Gasteiger partial charge on any atom is 0.342 e. The highest BCUT2D eigenvalue weighted by molar-refractivity contribution is 5.91. The van der Waals surface area contributed by atoms with Crippen LogP contribution in [0, 0.1) is 11.6 Å². The van der Waals surface area contributed by atoms with Gasteiger partial charge in [0.15, 0.2) is 11.6 Å². The van der Waals surface area contributed by atoms with Crippen LogP contribution in [0.1, 0.15) is 17.3 Å². The summed E-state index contributed by atoms with van der Waals surface area (Å²) in [7, 11) is 0. The molecule has 0 fully saturated rings. The normalized spacial score (nSPS) is 9.93. The molecule has 0 spiro atoms. The number of rotatable bonds is 3. The third kappa shape index (κ3) is 1.81. The molecule has 1 aromatic rings. The van der Waals surface area contributed by atoms with E-state index in [1.54, 1.807) is 6.92 Å². The number of aromatic carboxylic acids is 1. The molecule has 0 atom stereocenters. The van der Waals surface area contributed by atoms with Gasteiger partial charge in [-0.3, -0.25) is 0 Å². The van der Waals surface area contributed by atoms with Gasteiger partial charge < -0.3 is 9.84 Å². The molecular weight excluding hydrogens is 194 g/mol. The molecular formula is C9H8F2O3. The fourth-order valence-electron chi connectivity index (χ4n) is 1.01. The van der Waals surface area contributed by atoms with Crippen LogP contribution >= 0.6 is 0 Å². The third-order valence-electron chi connectivity index (χ3n) is 1.57. The maximum absolute atomic E-state index is 13.0. The van der Waals surface area contributed by atoms with E-state index in [1.165, 1.54) is 0 Å². The van der Waals surface area contributed by atoms with Crippen molar-refractivity contribution in [3.8, 4) is 5.75 Å². The van der Waals surface area contributed by atoms with Gasteiger partial charge in [0.1, 0.15) is 11.3 Å². The number of carboxylic acids is 1. The van der Waals surface area contributed by atoms with Gasteiger partial charge in [0.2, 0.25) is 0 Å². The average Bonchev–Trinajstić information content (AvgIpc) is 2.11. The summed E-state index contributed by atoms with van der Waals surface area (Å²) in [6, 6.07) is 1.91. The summed E-state index contributed by atoms with van der Waals surface area (Å²) in [5.41, 5.74) is -0.771. The first-order valence-corrected chi connectivity index (χ1v) is 3.92. The van der Waals surface area contributed by atoms with Crippen molar-refractivity contribution in [1.82, 2.24) is 0 Å². The summed E-state index contributed by atoms with van der Waals surface area (Å²) in [5, 5.41) is 8.61. The zero-order valence-corrected chi connectivity index (χ0v) is 7.38. The van der Waals surface area contributed by atoms with E-state index < -0.39 is 23.2 Å². The Labute approximate surface area is 78.9 Å². The van der Waals surface area contributed by atoms with Crippen molar-refractivity contribution < 1.29 is 23.4 Å². The minimum Gasteiger partial charge on any atom is -0.493 e. The van der Waals surface area contributed by atoms with Crippen molar-refractivity contribution >= 4 is 5.97 Å². The Morgan fingerprint density at radius 1 is 1.50 bits per heavy atom. The smallest absolute Gasteiger partial charge is 0.342 e. The first-order chi connectivity index (χ1) is 6.57. The predicted molar refractivity (Wildman–Crippen MR) is 44.5 cm³/mol.